The standard InChI is InChI=1S/C6H10OSi2.C2H4/c7-9-8-6-4-2-1-3-5-6;1-2/h1-5,7H,8-9H2;1-2H2. The van der Waals surface area contributed by atoms with E-state index >= 15 is 0 Å². The van der Waals surface area contributed by atoms with Gasteiger partial charge in [0.15, 0.2) is 0 Å². The van der Waals surface area contributed by atoms with Gasteiger partial charge in [0, 0.05) is 0 Å². The van der Waals surface area contributed by atoms with E-state index in [1.54, 1.807) is 0 Å². The predicted octanol–water partition coefficient (Wildman–Crippen LogP) is -0.726. The quantitative estimate of drug-likeness (QED) is 0.472. The van der Waals surface area contributed by atoms with Crippen molar-refractivity contribution in [1.29, 1.82) is 0 Å². The SMILES string of the molecule is C=C.O[SiH2][SiH2]c1ccccc1. The average molecular weight is 182 g/mol. The average Bonchev–Trinajstić information content (AvgIpc) is 2.11. The van der Waals surface area contributed by atoms with Crippen LogP contribution in [0.2, 0.25) is 0 Å². The highest BCUT2D eigenvalue weighted by Gasteiger charge is 1.87. The van der Waals surface area contributed by atoms with Crippen LogP contribution in [0.4, 0.5) is 0 Å². The molecule has 0 amide bonds. The van der Waals surface area contributed by atoms with Gasteiger partial charge in [0.1, 0.15) is 9.28 Å². The molecule has 0 aliphatic rings. The van der Waals surface area contributed by atoms with Crippen LogP contribution in [0.3, 0.4) is 0 Å². The summed E-state index contributed by atoms with van der Waals surface area (Å²) in [5, 5.41) is 1.40. The van der Waals surface area contributed by atoms with Crippen molar-refractivity contribution in [1.82, 2.24) is 0 Å². The van der Waals surface area contributed by atoms with E-state index in [-0.39, 0.29) is 9.04 Å². The number of rotatable bonds is 2. The summed E-state index contributed by atoms with van der Waals surface area (Å²) in [5.41, 5.74) is 0. The maximum Gasteiger partial charge on any atom is 0.144 e. The smallest absolute Gasteiger partial charge is 0.144 e. The minimum Gasteiger partial charge on any atom is -0.442 e. The molecular weight excluding hydrogens is 168 g/mol. The minimum absolute atomic E-state index is 0.207. The molecule has 1 nitrogen and oxygen atoms in total. The second-order valence-corrected chi connectivity index (χ2v) is 6.56. The third kappa shape index (κ3) is 4.72. The van der Waals surface area contributed by atoms with Gasteiger partial charge < -0.3 is 4.80 Å². The van der Waals surface area contributed by atoms with Crippen molar-refractivity contribution in [3.8, 4) is 0 Å². The summed E-state index contributed by atoms with van der Waals surface area (Å²) in [6.45, 7) is 6.00. The van der Waals surface area contributed by atoms with E-state index in [0.717, 1.165) is 0 Å². The topological polar surface area (TPSA) is 20.2 Å². The van der Waals surface area contributed by atoms with Gasteiger partial charge >= 0.3 is 0 Å². The van der Waals surface area contributed by atoms with Gasteiger partial charge in [0.05, 0.1) is 9.04 Å². The summed E-state index contributed by atoms with van der Waals surface area (Å²) in [6.07, 6.45) is 0. The van der Waals surface area contributed by atoms with E-state index in [0.29, 0.717) is 0 Å². The molecule has 0 radical (unpaired) electrons. The zero-order valence-corrected chi connectivity index (χ0v) is 9.49. The van der Waals surface area contributed by atoms with Crippen LogP contribution >= 0.6 is 0 Å². The van der Waals surface area contributed by atoms with Crippen molar-refractivity contribution in [3.63, 3.8) is 0 Å². The van der Waals surface area contributed by atoms with Crippen LogP contribution in [-0.2, 0) is 0 Å². The molecule has 1 aromatic carbocycles. The van der Waals surface area contributed by atoms with Crippen molar-refractivity contribution in [3.05, 3.63) is 43.5 Å². The van der Waals surface area contributed by atoms with Gasteiger partial charge in [-0.15, -0.1) is 13.2 Å². The molecule has 0 spiro atoms. The molecule has 0 saturated carbocycles. The van der Waals surface area contributed by atoms with Crippen LogP contribution in [-0.4, -0.2) is 23.1 Å². The fourth-order valence-electron chi connectivity index (χ4n) is 0.774. The number of hydrogen-bond acceptors (Lipinski definition) is 1. The normalized spacial score (nSPS) is 10.3. The van der Waals surface area contributed by atoms with Crippen LogP contribution in [0.15, 0.2) is 43.5 Å². The lowest BCUT2D eigenvalue weighted by atomic mass is 10.4. The lowest BCUT2D eigenvalue weighted by Gasteiger charge is -1.91. The molecule has 1 aromatic rings. The first-order valence-electron chi connectivity index (χ1n) is 3.58. The summed E-state index contributed by atoms with van der Waals surface area (Å²) in [4.78, 5) is 8.72. The van der Waals surface area contributed by atoms with Crippen LogP contribution in [0.5, 0.6) is 0 Å². The molecule has 0 bridgehead atoms. The van der Waals surface area contributed by atoms with Gasteiger partial charge in [-0.05, 0) is 0 Å². The van der Waals surface area contributed by atoms with Gasteiger partial charge in [-0.25, -0.2) is 0 Å². The lowest BCUT2D eigenvalue weighted by Crippen LogP contribution is -2.19. The third-order valence-corrected chi connectivity index (χ3v) is 4.92. The molecule has 1 rings (SSSR count). The lowest BCUT2D eigenvalue weighted by molar-refractivity contribution is 0.621. The largest absolute Gasteiger partial charge is 0.442 e. The molecule has 0 atom stereocenters. The van der Waals surface area contributed by atoms with E-state index in [4.69, 9.17) is 4.80 Å². The molecule has 0 unspecified atom stereocenters. The van der Waals surface area contributed by atoms with Crippen LogP contribution in [0.1, 0.15) is 0 Å². The molecule has 0 saturated heterocycles. The molecule has 0 heterocycles. The fraction of sp³-hybridized carbons (Fsp3) is 0. The van der Waals surface area contributed by atoms with Crippen LogP contribution in [0, 0.1) is 0 Å². The summed E-state index contributed by atoms with van der Waals surface area (Å²) < 4.78 is 0. The molecular formula is C8H14OSi2. The Kier molecular flexibility index (Phi) is 7.02. The van der Waals surface area contributed by atoms with Crippen molar-refractivity contribution < 1.29 is 4.80 Å². The fourth-order valence-corrected chi connectivity index (χ4v) is 3.41. The summed E-state index contributed by atoms with van der Waals surface area (Å²) in [6, 6.07) is 10.3. The second-order valence-electron chi connectivity index (χ2n) is 1.96. The first-order chi connectivity index (χ1) is 5.43. The highest BCUT2D eigenvalue weighted by atomic mass is 29.2. The Hall–Kier alpha value is -0.646. The predicted molar refractivity (Wildman–Crippen MR) is 56.6 cm³/mol. The highest BCUT2D eigenvalue weighted by Crippen LogP contribution is 1.79. The Balaban J connectivity index is 0.000000461. The zero-order chi connectivity index (χ0) is 8.53. The zero-order valence-electron chi connectivity index (χ0n) is 6.66. The third-order valence-electron chi connectivity index (χ3n) is 1.24. The van der Waals surface area contributed by atoms with Gasteiger partial charge in [-0.3, -0.25) is 0 Å². The molecule has 0 fully saturated rings. The van der Waals surface area contributed by atoms with Crippen molar-refractivity contribution >= 4 is 23.5 Å². The van der Waals surface area contributed by atoms with Crippen LogP contribution < -0.4 is 5.19 Å². The minimum atomic E-state index is -0.645. The van der Waals surface area contributed by atoms with Crippen molar-refractivity contribution in [2.75, 3.05) is 0 Å². The van der Waals surface area contributed by atoms with E-state index in [2.05, 4.69) is 25.3 Å². The van der Waals surface area contributed by atoms with Gasteiger partial charge in [-0.2, -0.15) is 0 Å². The van der Waals surface area contributed by atoms with Crippen molar-refractivity contribution in [2.24, 2.45) is 0 Å². The first kappa shape index (κ1) is 10.4. The molecule has 0 aliphatic carbocycles. The first-order valence-corrected chi connectivity index (χ1v) is 8.92. The summed E-state index contributed by atoms with van der Waals surface area (Å²) in [7, 11) is -0.852. The van der Waals surface area contributed by atoms with E-state index < -0.39 is 9.28 Å². The molecule has 3 heteroatoms. The van der Waals surface area contributed by atoms with E-state index in [9.17, 15) is 0 Å². The van der Waals surface area contributed by atoms with E-state index in [1.165, 1.54) is 5.19 Å². The Morgan fingerprint density at radius 2 is 1.64 bits per heavy atom. The summed E-state index contributed by atoms with van der Waals surface area (Å²) >= 11 is 0. The summed E-state index contributed by atoms with van der Waals surface area (Å²) in [5.74, 6) is 0. The Labute approximate surface area is 72.3 Å². The maximum absolute atomic E-state index is 8.72. The molecule has 0 aromatic heterocycles. The van der Waals surface area contributed by atoms with Gasteiger partial charge in [0.25, 0.3) is 0 Å². The van der Waals surface area contributed by atoms with Crippen LogP contribution in [0.25, 0.3) is 0 Å². The molecule has 11 heavy (non-hydrogen) atoms. The molecule has 60 valence electrons. The monoisotopic (exact) mass is 182 g/mol. The Morgan fingerprint density at radius 1 is 1.09 bits per heavy atom. The highest BCUT2D eigenvalue weighted by molar-refractivity contribution is 7.03. The number of benzene rings is 1. The van der Waals surface area contributed by atoms with Gasteiger partial charge in [0.2, 0.25) is 0 Å². The Bertz CT molecular complexity index is 177. The van der Waals surface area contributed by atoms with Gasteiger partial charge in [-0.1, -0.05) is 35.5 Å². The van der Waals surface area contributed by atoms with E-state index in [1.807, 2.05) is 18.2 Å². The Morgan fingerprint density at radius 3 is 2.09 bits per heavy atom. The second kappa shape index (κ2) is 7.46. The molecule has 0 aliphatic heterocycles. The van der Waals surface area contributed by atoms with Crippen molar-refractivity contribution in [2.45, 2.75) is 0 Å². The maximum atomic E-state index is 8.72. The number of hydrogen-bond donors (Lipinski definition) is 1. The molecule has 1 N–H and O–H groups in total.